The second kappa shape index (κ2) is 7.46. The largest absolute Gasteiger partial charge is 0.478 e. The summed E-state index contributed by atoms with van der Waals surface area (Å²) >= 11 is 6.55. The molecule has 2 heterocycles. The first-order valence-corrected chi connectivity index (χ1v) is 9.52. The number of hydrogen-bond acceptors (Lipinski definition) is 5. The zero-order valence-electron chi connectivity index (χ0n) is 14.4. The number of amides is 1. The van der Waals surface area contributed by atoms with E-state index in [0.717, 1.165) is 0 Å². The summed E-state index contributed by atoms with van der Waals surface area (Å²) in [5.74, 6) is -0.381. The van der Waals surface area contributed by atoms with Crippen LogP contribution in [0.15, 0.2) is 76.1 Å². The molecule has 1 N–H and O–H groups in total. The molecule has 0 bridgehead atoms. The lowest BCUT2D eigenvalue weighted by atomic mass is 10.1. The number of thiocarbonyl (C=S) groups is 1. The van der Waals surface area contributed by atoms with E-state index in [1.165, 1.54) is 22.7 Å². The highest BCUT2D eigenvalue weighted by Crippen LogP contribution is 2.36. The molecule has 2 aromatic carbocycles. The molecule has 1 aliphatic rings. The van der Waals surface area contributed by atoms with Crippen molar-refractivity contribution in [3.05, 3.63) is 83.0 Å². The molecular formula is C21H13NO4S2. The van der Waals surface area contributed by atoms with E-state index in [1.807, 2.05) is 30.3 Å². The van der Waals surface area contributed by atoms with Crippen molar-refractivity contribution in [2.45, 2.75) is 0 Å². The lowest BCUT2D eigenvalue weighted by Gasteiger charge is -2.13. The smallest absolute Gasteiger partial charge is 0.336 e. The minimum atomic E-state index is -1.03. The number of carboxylic acid groups (broad SMARTS) is 1. The predicted octanol–water partition coefficient (Wildman–Crippen LogP) is 5.05. The molecule has 0 spiro atoms. The molecule has 138 valence electrons. The van der Waals surface area contributed by atoms with Crippen molar-refractivity contribution in [3.63, 3.8) is 0 Å². The van der Waals surface area contributed by atoms with E-state index in [1.54, 1.807) is 36.4 Å². The highest BCUT2D eigenvalue weighted by atomic mass is 32.2. The normalized spacial score (nSPS) is 15.4. The molecule has 0 unspecified atom stereocenters. The molecule has 1 amide bonds. The fourth-order valence-electron chi connectivity index (χ4n) is 2.86. The lowest BCUT2D eigenvalue weighted by Crippen LogP contribution is -2.27. The molecule has 7 heteroatoms. The van der Waals surface area contributed by atoms with Crippen LogP contribution in [0, 0.1) is 0 Å². The Hall–Kier alpha value is -3.16. The van der Waals surface area contributed by atoms with Gasteiger partial charge >= 0.3 is 5.97 Å². The van der Waals surface area contributed by atoms with Crippen LogP contribution in [0.25, 0.3) is 17.4 Å². The molecule has 1 aromatic heterocycles. The number of carbonyl (C=O) groups excluding carboxylic acids is 1. The van der Waals surface area contributed by atoms with Gasteiger partial charge in [0.1, 0.15) is 11.5 Å². The summed E-state index contributed by atoms with van der Waals surface area (Å²) in [5, 5.41) is 9.34. The van der Waals surface area contributed by atoms with Gasteiger partial charge in [-0.05, 0) is 30.3 Å². The van der Waals surface area contributed by atoms with Crippen LogP contribution >= 0.6 is 24.0 Å². The van der Waals surface area contributed by atoms with Gasteiger partial charge in [-0.3, -0.25) is 9.69 Å². The quantitative estimate of drug-likeness (QED) is 0.482. The summed E-state index contributed by atoms with van der Waals surface area (Å²) in [6.07, 6.45) is 1.62. The third-order valence-corrected chi connectivity index (χ3v) is 5.43. The van der Waals surface area contributed by atoms with Crippen molar-refractivity contribution < 1.29 is 19.1 Å². The summed E-state index contributed by atoms with van der Waals surface area (Å²) in [7, 11) is 0. The Balaban J connectivity index is 1.64. The Kier molecular flexibility index (Phi) is 4.85. The van der Waals surface area contributed by atoms with E-state index in [0.29, 0.717) is 32.0 Å². The molecule has 0 atom stereocenters. The molecule has 1 aliphatic heterocycles. The van der Waals surface area contributed by atoms with Gasteiger partial charge in [0, 0.05) is 11.6 Å². The average Bonchev–Trinajstić information content (AvgIpc) is 3.27. The maximum absolute atomic E-state index is 12.8. The molecular weight excluding hydrogens is 394 g/mol. The first kappa shape index (κ1) is 18.2. The van der Waals surface area contributed by atoms with Gasteiger partial charge in [-0.1, -0.05) is 60.4 Å². The number of thioether (sulfide) groups is 1. The van der Waals surface area contributed by atoms with Crippen LogP contribution in [0.5, 0.6) is 0 Å². The van der Waals surface area contributed by atoms with Crippen molar-refractivity contribution in [3.8, 4) is 11.3 Å². The monoisotopic (exact) mass is 407 g/mol. The van der Waals surface area contributed by atoms with Crippen molar-refractivity contribution in [2.75, 3.05) is 4.90 Å². The predicted molar refractivity (Wildman–Crippen MR) is 113 cm³/mol. The maximum Gasteiger partial charge on any atom is 0.336 e. The Morgan fingerprint density at radius 2 is 1.75 bits per heavy atom. The summed E-state index contributed by atoms with van der Waals surface area (Å²) in [6.45, 7) is 0. The van der Waals surface area contributed by atoms with Gasteiger partial charge in [0.2, 0.25) is 0 Å². The third kappa shape index (κ3) is 3.37. The van der Waals surface area contributed by atoms with Crippen LogP contribution in [-0.2, 0) is 4.79 Å². The number of carboxylic acids is 1. The standard InChI is InChI=1S/C21H13NO4S2/c23-19-18(28-21(27)22(19)13-6-2-1-3-7-13)12-14-10-11-17(26-14)15-8-4-5-9-16(15)20(24)25/h1-12H,(H,24,25). The number of carbonyl (C=O) groups is 2. The summed E-state index contributed by atoms with van der Waals surface area (Å²) < 4.78 is 6.23. The number of furan rings is 1. The third-order valence-electron chi connectivity index (χ3n) is 4.13. The topological polar surface area (TPSA) is 70.8 Å². The Bertz CT molecular complexity index is 1120. The molecule has 0 aliphatic carbocycles. The van der Waals surface area contributed by atoms with E-state index < -0.39 is 5.97 Å². The maximum atomic E-state index is 12.8. The van der Waals surface area contributed by atoms with Crippen molar-refractivity contribution in [2.24, 2.45) is 0 Å². The molecule has 5 nitrogen and oxygen atoms in total. The molecule has 0 radical (unpaired) electrons. The SMILES string of the molecule is O=C(O)c1ccccc1-c1ccc(C=C2SC(=S)N(c3ccccc3)C2=O)o1. The molecule has 0 saturated carbocycles. The minimum Gasteiger partial charge on any atom is -0.478 e. The Morgan fingerprint density at radius 3 is 2.50 bits per heavy atom. The highest BCUT2D eigenvalue weighted by molar-refractivity contribution is 8.27. The highest BCUT2D eigenvalue weighted by Gasteiger charge is 2.33. The zero-order chi connectivity index (χ0) is 19.7. The second-order valence-electron chi connectivity index (χ2n) is 5.91. The van der Waals surface area contributed by atoms with Crippen molar-refractivity contribution >= 4 is 51.9 Å². The van der Waals surface area contributed by atoms with Crippen LogP contribution in [0.4, 0.5) is 5.69 Å². The van der Waals surface area contributed by atoms with Gasteiger partial charge in [-0.25, -0.2) is 4.79 Å². The molecule has 1 fully saturated rings. The van der Waals surface area contributed by atoms with Gasteiger partial charge in [0.15, 0.2) is 4.32 Å². The van der Waals surface area contributed by atoms with Gasteiger partial charge in [0.05, 0.1) is 16.2 Å². The fraction of sp³-hybridized carbons (Fsp3) is 0. The van der Waals surface area contributed by atoms with Gasteiger partial charge in [0.25, 0.3) is 5.91 Å². The van der Waals surface area contributed by atoms with E-state index in [9.17, 15) is 14.7 Å². The minimum absolute atomic E-state index is 0.152. The Labute approximate surface area is 170 Å². The van der Waals surface area contributed by atoms with Crippen LogP contribution in [0.3, 0.4) is 0 Å². The zero-order valence-corrected chi connectivity index (χ0v) is 16.0. The molecule has 3 aromatic rings. The second-order valence-corrected chi connectivity index (χ2v) is 7.58. The van der Waals surface area contributed by atoms with Crippen molar-refractivity contribution in [1.29, 1.82) is 0 Å². The average molecular weight is 407 g/mol. The summed E-state index contributed by atoms with van der Waals surface area (Å²) in [6, 6.07) is 19.2. The number of aromatic carboxylic acids is 1. The van der Waals surface area contributed by atoms with E-state index in [-0.39, 0.29) is 11.5 Å². The van der Waals surface area contributed by atoms with Crippen molar-refractivity contribution in [1.82, 2.24) is 0 Å². The van der Waals surface area contributed by atoms with E-state index >= 15 is 0 Å². The van der Waals surface area contributed by atoms with Crippen LogP contribution in [-0.4, -0.2) is 21.3 Å². The van der Waals surface area contributed by atoms with Crippen LogP contribution < -0.4 is 4.90 Å². The Morgan fingerprint density at radius 1 is 1.04 bits per heavy atom. The summed E-state index contributed by atoms with van der Waals surface area (Å²) in [5.41, 5.74) is 1.34. The first-order valence-electron chi connectivity index (χ1n) is 8.30. The number of rotatable bonds is 4. The number of hydrogen-bond donors (Lipinski definition) is 1. The molecule has 4 rings (SSSR count). The van der Waals surface area contributed by atoms with Crippen LogP contribution in [0.1, 0.15) is 16.1 Å². The fourth-order valence-corrected chi connectivity index (χ4v) is 4.14. The first-order chi connectivity index (χ1) is 13.5. The lowest BCUT2D eigenvalue weighted by molar-refractivity contribution is -0.113. The van der Waals surface area contributed by atoms with Gasteiger partial charge in [-0.2, -0.15) is 0 Å². The molecule has 28 heavy (non-hydrogen) atoms. The van der Waals surface area contributed by atoms with Gasteiger partial charge in [-0.15, -0.1) is 0 Å². The van der Waals surface area contributed by atoms with E-state index in [4.69, 9.17) is 16.6 Å². The number of nitrogens with zero attached hydrogens (tertiary/aromatic N) is 1. The summed E-state index contributed by atoms with van der Waals surface area (Å²) in [4.78, 5) is 26.1. The molecule has 1 saturated heterocycles. The number of para-hydroxylation sites is 1. The number of anilines is 1. The van der Waals surface area contributed by atoms with Gasteiger partial charge < -0.3 is 9.52 Å². The number of benzene rings is 2. The van der Waals surface area contributed by atoms with Crippen LogP contribution in [0.2, 0.25) is 0 Å². The van der Waals surface area contributed by atoms with E-state index in [2.05, 4.69) is 0 Å².